The molecule has 0 aliphatic carbocycles. The molecule has 2 heterocycles. The standard InChI is InChI=1S/C12H12N2O4S.C8H15N.C7H12N2.C2H6/c1-18-11-5-3-9(4-6-11)14-10(8-15)7-12(13-14)19(2,16)17;1-4-6-8-9(3)7-5-2;1-2-5-9-6-3-4-8-7-9;1-2/h3-8H,1-2H3;4,6,8H,1,5,7H2,2-3H3;2,7H,1,3-6H2;1-2H3/b;8-6+;;. The van der Waals surface area contributed by atoms with Crippen molar-refractivity contribution in [3.8, 4) is 11.4 Å². The number of aliphatic imine (C=N–C) groups is 1. The fourth-order valence-electron chi connectivity index (χ4n) is 3.10. The number of hydrogen-bond donors (Lipinski definition) is 0. The Morgan fingerprint density at radius 3 is 2.31 bits per heavy atom. The van der Waals surface area contributed by atoms with Crippen LogP contribution in [0.1, 0.15) is 44.1 Å². The number of aldehydes is 1. The van der Waals surface area contributed by atoms with Crippen molar-refractivity contribution in [1.82, 2.24) is 19.6 Å². The molecule has 0 fully saturated rings. The summed E-state index contributed by atoms with van der Waals surface area (Å²) in [4.78, 5) is 19.4. The summed E-state index contributed by atoms with van der Waals surface area (Å²) in [6, 6.07) is 8.01. The molecule has 1 aliphatic rings. The second kappa shape index (κ2) is 20.3. The molecule has 1 aromatic carbocycles. The number of carbonyl (C=O) groups excluding carboxylic acids is 1. The Morgan fingerprint density at radius 2 is 1.85 bits per heavy atom. The van der Waals surface area contributed by atoms with Gasteiger partial charge in [-0.15, -0.1) is 6.58 Å². The van der Waals surface area contributed by atoms with Gasteiger partial charge in [0.05, 0.1) is 19.1 Å². The van der Waals surface area contributed by atoms with Gasteiger partial charge in [-0.3, -0.25) is 9.79 Å². The first-order valence-corrected chi connectivity index (χ1v) is 14.8. The molecule has 9 nitrogen and oxygen atoms in total. The molecule has 39 heavy (non-hydrogen) atoms. The fourth-order valence-corrected chi connectivity index (χ4v) is 3.67. The molecule has 0 radical (unpaired) electrons. The van der Waals surface area contributed by atoms with Crippen molar-refractivity contribution in [3.05, 3.63) is 73.6 Å². The lowest BCUT2D eigenvalue weighted by Gasteiger charge is -2.19. The van der Waals surface area contributed by atoms with Crippen molar-refractivity contribution < 1.29 is 17.9 Å². The Balaban J connectivity index is 0.000000606. The van der Waals surface area contributed by atoms with Gasteiger partial charge in [0.25, 0.3) is 0 Å². The predicted octanol–water partition coefficient (Wildman–Crippen LogP) is 5.06. The number of allylic oxidation sites excluding steroid dienone is 2. The van der Waals surface area contributed by atoms with Crippen molar-refractivity contribution in [1.29, 1.82) is 0 Å². The summed E-state index contributed by atoms with van der Waals surface area (Å²) in [6.07, 6.45) is 13.5. The van der Waals surface area contributed by atoms with Crippen LogP contribution in [-0.2, 0) is 9.84 Å². The summed E-state index contributed by atoms with van der Waals surface area (Å²) in [5.74, 6) is 0.659. The molecule has 3 rings (SSSR count). The third-order valence-electron chi connectivity index (χ3n) is 4.93. The van der Waals surface area contributed by atoms with Crippen LogP contribution in [0.3, 0.4) is 0 Å². The van der Waals surface area contributed by atoms with Crippen LogP contribution >= 0.6 is 0 Å². The van der Waals surface area contributed by atoms with Gasteiger partial charge in [0.15, 0.2) is 21.1 Å². The van der Waals surface area contributed by atoms with Gasteiger partial charge in [0.1, 0.15) is 11.4 Å². The maximum atomic E-state index is 11.4. The van der Waals surface area contributed by atoms with E-state index in [0.29, 0.717) is 17.7 Å². The largest absolute Gasteiger partial charge is 0.497 e. The SMILES string of the molecule is C=C/C=C/N(C)CCC.C=CCN1C=NCCC1.CC.COc1ccc(-n2nc(S(C)(=O)=O)cc2C=O)cc1. The molecule has 0 atom stereocenters. The van der Waals surface area contributed by atoms with E-state index in [2.05, 4.69) is 47.0 Å². The van der Waals surface area contributed by atoms with Crippen LogP contribution in [0.15, 0.2) is 77.9 Å². The zero-order valence-corrected chi connectivity index (χ0v) is 25.1. The van der Waals surface area contributed by atoms with E-state index in [1.54, 1.807) is 37.5 Å². The van der Waals surface area contributed by atoms with Gasteiger partial charge in [-0.25, -0.2) is 13.1 Å². The average Bonchev–Trinajstić information content (AvgIpc) is 3.40. The number of carbonyl (C=O) groups is 1. The van der Waals surface area contributed by atoms with Crippen molar-refractivity contribution in [2.75, 3.05) is 46.6 Å². The summed E-state index contributed by atoms with van der Waals surface area (Å²) in [5.41, 5.74) is 0.753. The first-order chi connectivity index (χ1) is 18.7. The lowest BCUT2D eigenvalue weighted by atomic mass is 10.3. The third kappa shape index (κ3) is 14.2. The zero-order chi connectivity index (χ0) is 29.7. The topological polar surface area (TPSA) is 97.1 Å². The number of methoxy groups -OCH3 is 1. The summed E-state index contributed by atoms with van der Waals surface area (Å²) >= 11 is 0. The van der Waals surface area contributed by atoms with E-state index in [-0.39, 0.29) is 10.7 Å². The van der Waals surface area contributed by atoms with Crippen LogP contribution in [0.25, 0.3) is 5.69 Å². The highest BCUT2D eigenvalue weighted by molar-refractivity contribution is 7.90. The van der Waals surface area contributed by atoms with Crippen LogP contribution < -0.4 is 4.74 Å². The van der Waals surface area contributed by atoms with E-state index in [4.69, 9.17) is 4.74 Å². The smallest absolute Gasteiger partial charge is 0.194 e. The minimum Gasteiger partial charge on any atom is -0.497 e. The normalized spacial score (nSPS) is 12.1. The Morgan fingerprint density at radius 1 is 1.18 bits per heavy atom. The predicted molar refractivity (Wildman–Crippen MR) is 162 cm³/mol. The van der Waals surface area contributed by atoms with Gasteiger partial charge >= 0.3 is 0 Å². The van der Waals surface area contributed by atoms with Crippen LogP contribution in [0, 0.1) is 0 Å². The highest BCUT2D eigenvalue weighted by Crippen LogP contribution is 2.18. The second-order valence-electron chi connectivity index (χ2n) is 8.12. The number of benzene rings is 1. The average molecular weight is 560 g/mol. The fraction of sp³-hybridized carbons (Fsp3) is 0.414. The number of hydrogen-bond acceptors (Lipinski definition) is 8. The minimum atomic E-state index is -3.45. The van der Waals surface area contributed by atoms with Crippen LogP contribution in [0.4, 0.5) is 0 Å². The van der Waals surface area contributed by atoms with Gasteiger partial charge in [0, 0.05) is 45.5 Å². The van der Waals surface area contributed by atoms with Crippen LogP contribution in [0.5, 0.6) is 5.75 Å². The van der Waals surface area contributed by atoms with Gasteiger partial charge in [-0.1, -0.05) is 39.5 Å². The molecular weight excluding hydrogens is 514 g/mol. The Kier molecular flexibility index (Phi) is 18.4. The number of rotatable bonds is 10. The van der Waals surface area contributed by atoms with E-state index in [1.165, 1.54) is 23.6 Å². The Bertz CT molecular complexity index is 1140. The van der Waals surface area contributed by atoms with Crippen molar-refractivity contribution in [2.24, 2.45) is 4.99 Å². The molecule has 0 saturated heterocycles. The van der Waals surface area contributed by atoms with E-state index >= 15 is 0 Å². The van der Waals surface area contributed by atoms with Gasteiger partial charge in [-0.05, 0) is 49.4 Å². The molecule has 1 aliphatic heterocycles. The van der Waals surface area contributed by atoms with Gasteiger partial charge in [0.2, 0.25) is 0 Å². The molecule has 0 amide bonds. The number of aromatic nitrogens is 2. The molecule has 1 aromatic heterocycles. The van der Waals surface area contributed by atoms with E-state index in [0.717, 1.165) is 32.4 Å². The van der Waals surface area contributed by atoms with Gasteiger partial charge < -0.3 is 14.5 Å². The molecule has 0 bridgehead atoms. The first-order valence-electron chi connectivity index (χ1n) is 12.9. The van der Waals surface area contributed by atoms with Gasteiger partial charge in [-0.2, -0.15) is 5.10 Å². The highest BCUT2D eigenvalue weighted by atomic mass is 32.2. The molecule has 0 spiro atoms. The van der Waals surface area contributed by atoms with E-state index < -0.39 is 9.84 Å². The lowest BCUT2D eigenvalue weighted by molar-refractivity contribution is 0.111. The number of ether oxygens (including phenoxy) is 1. The van der Waals surface area contributed by atoms with Crippen LogP contribution in [-0.4, -0.2) is 87.2 Å². The monoisotopic (exact) mass is 559 g/mol. The summed E-state index contributed by atoms with van der Waals surface area (Å²) in [7, 11) is 0.151. The zero-order valence-electron chi connectivity index (χ0n) is 24.3. The molecule has 10 heteroatoms. The van der Waals surface area contributed by atoms with Crippen LogP contribution in [0.2, 0.25) is 0 Å². The third-order valence-corrected chi connectivity index (χ3v) is 5.89. The molecule has 216 valence electrons. The maximum Gasteiger partial charge on any atom is 0.194 e. The maximum absolute atomic E-state index is 11.4. The quantitative estimate of drug-likeness (QED) is 0.228. The molecule has 0 N–H and O–H groups in total. The molecule has 0 unspecified atom stereocenters. The second-order valence-corrected chi connectivity index (χ2v) is 10.1. The number of nitrogens with zero attached hydrogens (tertiary/aromatic N) is 5. The van der Waals surface area contributed by atoms with E-state index in [1.807, 2.05) is 38.5 Å². The first kappa shape index (κ1) is 35.3. The number of sulfone groups is 1. The summed E-state index contributed by atoms with van der Waals surface area (Å²) < 4.78 is 29.2. The Hall–Kier alpha value is -3.66. The summed E-state index contributed by atoms with van der Waals surface area (Å²) in [6.45, 7) is 17.6. The van der Waals surface area contributed by atoms with E-state index in [9.17, 15) is 13.2 Å². The summed E-state index contributed by atoms with van der Waals surface area (Å²) in [5, 5.41) is 3.80. The molecular formula is C29H45N5O4S. The highest BCUT2D eigenvalue weighted by Gasteiger charge is 2.16. The van der Waals surface area contributed by atoms with Crippen molar-refractivity contribution in [3.63, 3.8) is 0 Å². The Labute approximate surface area is 235 Å². The lowest BCUT2D eigenvalue weighted by Crippen LogP contribution is -2.26. The minimum absolute atomic E-state index is 0.134. The molecule has 2 aromatic rings. The molecule has 0 saturated carbocycles. The van der Waals surface area contributed by atoms with Crippen molar-refractivity contribution in [2.45, 2.75) is 38.6 Å². The van der Waals surface area contributed by atoms with Crippen molar-refractivity contribution >= 4 is 22.5 Å².